The quantitative estimate of drug-likeness (QED) is 0.799. The van der Waals surface area contributed by atoms with E-state index in [-0.39, 0.29) is 5.91 Å². The molecule has 1 amide bonds. The molecule has 5 heteroatoms. The summed E-state index contributed by atoms with van der Waals surface area (Å²) in [5.74, 6) is 1.39. The fourth-order valence-electron chi connectivity index (χ4n) is 3.55. The Bertz CT molecular complexity index is 700. The van der Waals surface area contributed by atoms with Crippen LogP contribution in [-0.2, 0) is 7.05 Å². The molecule has 3 heterocycles. The number of hydrogen-bond donors (Lipinski definition) is 0. The molecule has 0 bridgehead atoms. The molecule has 114 valence electrons. The summed E-state index contributed by atoms with van der Waals surface area (Å²) >= 11 is 1.65. The van der Waals surface area contributed by atoms with Gasteiger partial charge in [-0.1, -0.05) is 18.2 Å². The summed E-state index contributed by atoms with van der Waals surface area (Å²) in [5, 5.41) is 6.53. The van der Waals surface area contributed by atoms with Crippen LogP contribution in [0.5, 0.6) is 0 Å². The molecular formula is C17H19N3OS. The van der Waals surface area contributed by atoms with Crippen LogP contribution in [0, 0.1) is 11.8 Å². The molecule has 1 aliphatic heterocycles. The molecule has 2 aliphatic rings. The van der Waals surface area contributed by atoms with Gasteiger partial charge in [0.2, 0.25) is 0 Å². The number of fused-ring (bicyclic) bond motifs is 1. The number of hydrogen-bond acceptors (Lipinski definition) is 3. The van der Waals surface area contributed by atoms with Gasteiger partial charge < -0.3 is 4.90 Å². The highest BCUT2D eigenvalue weighted by atomic mass is 32.1. The van der Waals surface area contributed by atoms with Crippen LogP contribution in [0.25, 0.3) is 10.6 Å². The van der Waals surface area contributed by atoms with Gasteiger partial charge in [-0.25, -0.2) is 0 Å². The van der Waals surface area contributed by atoms with Gasteiger partial charge in [-0.15, -0.1) is 11.3 Å². The second kappa shape index (κ2) is 5.39. The highest BCUT2D eigenvalue weighted by molar-refractivity contribution is 7.13. The van der Waals surface area contributed by atoms with E-state index >= 15 is 0 Å². The average molecular weight is 313 g/mol. The number of likely N-dealkylation sites (tertiary alicyclic amines) is 1. The molecule has 4 nitrogen and oxygen atoms in total. The van der Waals surface area contributed by atoms with E-state index in [2.05, 4.69) is 17.3 Å². The Morgan fingerprint density at radius 1 is 1.27 bits per heavy atom. The smallest absolute Gasteiger partial charge is 0.272 e. The summed E-state index contributed by atoms with van der Waals surface area (Å²) in [7, 11) is 1.86. The topological polar surface area (TPSA) is 38.1 Å². The van der Waals surface area contributed by atoms with Crippen LogP contribution in [-0.4, -0.2) is 33.7 Å². The molecule has 4 rings (SSSR count). The number of aryl methyl sites for hydroxylation is 1. The lowest BCUT2D eigenvalue weighted by molar-refractivity contribution is 0.0773. The Hall–Kier alpha value is -1.88. The van der Waals surface area contributed by atoms with Crippen molar-refractivity contribution < 1.29 is 4.79 Å². The molecule has 0 N–H and O–H groups in total. The molecule has 0 saturated carbocycles. The lowest BCUT2D eigenvalue weighted by Gasteiger charge is -2.17. The van der Waals surface area contributed by atoms with Gasteiger partial charge in [0.15, 0.2) is 0 Å². The van der Waals surface area contributed by atoms with E-state index in [4.69, 9.17) is 0 Å². The SMILES string of the molecule is Cn1nc(-c2cccs2)cc1C(=O)N1C[C@H]2CC=CC[C@H]2C1. The number of allylic oxidation sites excluding steroid dienone is 2. The minimum absolute atomic E-state index is 0.118. The van der Waals surface area contributed by atoms with E-state index in [1.165, 1.54) is 0 Å². The van der Waals surface area contributed by atoms with Gasteiger partial charge in [0.25, 0.3) is 5.91 Å². The predicted octanol–water partition coefficient (Wildman–Crippen LogP) is 3.19. The molecule has 22 heavy (non-hydrogen) atoms. The Kier molecular flexibility index (Phi) is 3.37. The maximum Gasteiger partial charge on any atom is 0.272 e. The zero-order chi connectivity index (χ0) is 15.1. The summed E-state index contributed by atoms with van der Waals surface area (Å²) in [5.41, 5.74) is 1.58. The van der Waals surface area contributed by atoms with Gasteiger partial charge in [-0.2, -0.15) is 5.10 Å². The third kappa shape index (κ3) is 2.29. The minimum Gasteiger partial charge on any atom is -0.337 e. The molecular weight excluding hydrogens is 294 g/mol. The zero-order valence-corrected chi connectivity index (χ0v) is 13.4. The maximum absolute atomic E-state index is 12.8. The number of aromatic nitrogens is 2. The first-order chi connectivity index (χ1) is 10.7. The average Bonchev–Trinajstić information content (AvgIpc) is 3.25. The van der Waals surface area contributed by atoms with Crippen LogP contribution in [0.4, 0.5) is 0 Å². The van der Waals surface area contributed by atoms with E-state index in [9.17, 15) is 4.79 Å². The molecule has 2 aromatic heterocycles. The van der Waals surface area contributed by atoms with Crippen molar-refractivity contribution in [1.82, 2.24) is 14.7 Å². The molecule has 1 aliphatic carbocycles. The molecule has 1 fully saturated rings. The molecule has 1 saturated heterocycles. The van der Waals surface area contributed by atoms with Gasteiger partial charge in [0.1, 0.15) is 11.4 Å². The fraction of sp³-hybridized carbons (Fsp3) is 0.412. The number of carbonyl (C=O) groups is 1. The van der Waals surface area contributed by atoms with E-state index in [0.29, 0.717) is 17.5 Å². The summed E-state index contributed by atoms with van der Waals surface area (Å²) < 4.78 is 1.72. The van der Waals surface area contributed by atoms with Crippen molar-refractivity contribution in [1.29, 1.82) is 0 Å². The normalized spacial score (nSPS) is 23.8. The van der Waals surface area contributed by atoms with Crippen LogP contribution < -0.4 is 0 Å². The number of thiophene rings is 1. The number of rotatable bonds is 2. The third-order valence-corrected chi connectivity index (χ3v) is 5.67. The Morgan fingerprint density at radius 3 is 2.64 bits per heavy atom. The lowest BCUT2D eigenvalue weighted by Crippen LogP contribution is -2.30. The molecule has 0 spiro atoms. The highest BCUT2D eigenvalue weighted by Crippen LogP contribution is 2.33. The minimum atomic E-state index is 0.118. The Morgan fingerprint density at radius 2 is 2.00 bits per heavy atom. The van der Waals surface area contributed by atoms with Crippen molar-refractivity contribution in [3.8, 4) is 10.6 Å². The number of amides is 1. The fourth-order valence-corrected chi connectivity index (χ4v) is 4.24. The maximum atomic E-state index is 12.8. The van der Waals surface area contributed by atoms with Crippen molar-refractivity contribution in [3.63, 3.8) is 0 Å². The summed E-state index contributed by atoms with van der Waals surface area (Å²) in [6.45, 7) is 1.76. The van der Waals surface area contributed by atoms with E-state index in [1.807, 2.05) is 35.5 Å². The van der Waals surface area contributed by atoms with Gasteiger partial charge in [0.05, 0.1) is 4.88 Å². The first-order valence-electron chi connectivity index (χ1n) is 7.74. The van der Waals surface area contributed by atoms with Gasteiger partial charge >= 0.3 is 0 Å². The molecule has 0 radical (unpaired) electrons. The van der Waals surface area contributed by atoms with Crippen molar-refractivity contribution >= 4 is 17.2 Å². The van der Waals surface area contributed by atoms with E-state index in [0.717, 1.165) is 36.5 Å². The molecule has 2 aromatic rings. The Labute approximate surface area is 134 Å². The first-order valence-corrected chi connectivity index (χ1v) is 8.62. The standard InChI is InChI=1S/C17H19N3OS/c1-19-15(9-14(18-19)16-7-4-8-22-16)17(21)20-10-12-5-2-3-6-13(12)11-20/h2-4,7-9,12-13H,5-6,10-11H2,1H3/t12-,13+. The van der Waals surface area contributed by atoms with E-state index < -0.39 is 0 Å². The Balaban J connectivity index is 1.56. The van der Waals surface area contributed by atoms with Crippen molar-refractivity contribution in [2.75, 3.05) is 13.1 Å². The van der Waals surface area contributed by atoms with Crippen molar-refractivity contribution in [3.05, 3.63) is 41.4 Å². The van der Waals surface area contributed by atoms with Crippen molar-refractivity contribution in [2.24, 2.45) is 18.9 Å². The molecule has 0 unspecified atom stereocenters. The van der Waals surface area contributed by atoms with Gasteiger partial charge in [0, 0.05) is 20.1 Å². The molecule has 2 atom stereocenters. The van der Waals surface area contributed by atoms with Crippen LogP contribution in [0.15, 0.2) is 35.7 Å². The second-order valence-electron chi connectivity index (χ2n) is 6.19. The van der Waals surface area contributed by atoms with Gasteiger partial charge in [-0.05, 0) is 42.2 Å². The lowest BCUT2D eigenvalue weighted by atomic mass is 9.86. The number of nitrogens with zero attached hydrogens (tertiary/aromatic N) is 3. The van der Waals surface area contributed by atoms with Gasteiger partial charge in [-0.3, -0.25) is 9.48 Å². The zero-order valence-electron chi connectivity index (χ0n) is 12.6. The highest BCUT2D eigenvalue weighted by Gasteiger charge is 2.36. The van der Waals surface area contributed by atoms with Crippen LogP contribution >= 0.6 is 11.3 Å². The summed E-state index contributed by atoms with van der Waals surface area (Å²) in [4.78, 5) is 16.0. The van der Waals surface area contributed by atoms with Crippen LogP contribution in [0.1, 0.15) is 23.3 Å². The van der Waals surface area contributed by atoms with E-state index in [1.54, 1.807) is 16.0 Å². The third-order valence-electron chi connectivity index (χ3n) is 4.78. The summed E-state index contributed by atoms with van der Waals surface area (Å²) in [6.07, 6.45) is 6.74. The molecule has 0 aromatic carbocycles. The second-order valence-corrected chi connectivity index (χ2v) is 7.14. The number of carbonyl (C=O) groups excluding carboxylic acids is 1. The summed E-state index contributed by atoms with van der Waals surface area (Å²) in [6, 6.07) is 5.97. The van der Waals surface area contributed by atoms with Crippen molar-refractivity contribution in [2.45, 2.75) is 12.8 Å². The monoisotopic (exact) mass is 313 g/mol. The van der Waals surface area contributed by atoms with Crippen LogP contribution in [0.2, 0.25) is 0 Å². The first kappa shape index (κ1) is 13.8. The predicted molar refractivity (Wildman–Crippen MR) is 87.8 cm³/mol. The largest absolute Gasteiger partial charge is 0.337 e. The van der Waals surface area contributed by atoms with Crippen LogP contribution in [0.3, 0.4) is 0 Å².